The molecule has 0 atom stereocenters. The third kappa shape index (κ3) is 4.82. The number of hydrogen-bond acceptors (Lipinski definition) is 9. The summed E-state index contributed by atoms with van der Waals surface area (Å²) in [5.41, 5.74) is 7.46. The largest absolute Gasteiger partial charge is 0.490 e. The smallest absolute Gasteiger partial charge is 0.338 e. The first-order valence-corrected chi connectivity index (χ1v) is 11.0. The van der Waals surface area contributed by atoms with Crippen LogP contribution in [0.4, 0.5) is 5.82 Å². The van der Waals surface area contributed by atoms with Gasteiger partial charge in [-0.1, -0.05) is 0 Å². The van der Waals surface area contributed by atoms with Crippen molar-refractivity contribution in [2.24, 2.45) is 0 Å². The number of hydrogen-bond donors (Lipinski definition) is 1. The Morgan fingerprint density at radius 2 is 1.61 bits per heavy atom. The molecule has 0 saturated carbocycles. The number of carbonyl (C=O) groups excluding carboxylic acids is 1. The average Bonchev–Trinajstić information content (AvgIpc) is 3.02. The molecule has 0 unspecified atom stereocenters. The van der Waals surface area contributed by atoms with E-state index in [1.54, 1.807) is 23.5 Å². The molecule has 2 heterocycles. The van der Waals surface area contributed by atoms with Crippen LogP contribution < -0.4 is 19.9 Å². The average molecular weight is 446 g/mol. The van der Waals surface area contributed by atoms with Crippen molar-refractivity contribution in [3.63, 3.8) is 0 Å². The van der Waals surface area contributed by atoms with Gasteiger partial charge in [0.05, 0.1) is 30.8 Å². The summed E-state index contributed by atoms with van der Waals surface area (Å²) in [7, 11) is 0. The number of esters is 1. The van der Waals surface area contributed by atoms with Crippen LogP contribution in [0.2, 0.25) is 0 Å². The maximum Gasteiger partial charge on any atom is 0.338 e. The number of nitrogen functional groups attached to an aromatic ring is 1. The second-order valence-electron chi connectivity index (χ2n) is 6.67. The Morgan fingerprint density at radius 1 is 1.00 bits per heavy atom. The lowest BCUT2D eigenvalue weighted by Crippen LogP contribution is -2.10. The van der Waals surface area contributed by atoms with Crippen LogP contribution in [0.3, 0.4) is 0 Å². The van der Waals surface area contributed by atoms with E-state index in [-0.39, 0.29) is 12.2 Å². The lowest BCUT2D eigenvalue weighted by Gasteiger charge is -2.16. The van der Waals surface area contributed by atoms with Crippen molar-refractivity contribution >= 4 is 33.3 Å². The van der Waals surface area contributed by atoms with E-state index in [1.165, 1.54) is 0 Å². The SMILES string of the molecule is CCOc1cc(C(=O)OCc2nc(N)c3c(C)c(C)sc3n2)cc(OCC)c1OCC. The summed E-state index contributed by atoms with van der Waals surface area (Å²) in [5, 5.41) is 0.854. The predicted octanol–water partition coefficient (Wildman–Crippen LogP) is 4.44. The van der Waals surface area contributed by atoms with Crippen molar-refractivity contribution < 1.29 is 23.7 Å². The third-order valence-corrected chi connectivity index (χ3v) is 5.68. The molecule has 0 amide bonds. The Bertz CT molecular complexity index is 1070. The van der Waals surface area contributed by atoms with Crippen molar-refractivity contribution in [3.05, 3.63) is 34.0 Å². The fraction of sp³-hybridized carbons (Fsp3) is 0.409. The van der Waals surface area contributed by atoms with Crippen LogP contribution in [-0.2, 0) is 11.3 Å². The fourth-order valence-electron chi connectivity index (χ4n) is 3.11. The first-order chi connectivity index (χ1) is 14.9. The number of ether oxygens (including phenoxy) is 4. The van der Waals surface area contributed by atoms with Crippen LogP contribution in [0.15, 0.2) is 12.1 Å². The van der Waals surface area contributed by atoms with E-state index in [2.05, 4.69) is 9.97 Å². The first-order valence-electron chi connectivity index (χ1n) is 10.1. The molecular formula is C22H27N3O5S. The van der Waals surface area contributed by atoms with Crippen LogP contribution in [-0.4, -0.2) is 35.8 Å². The molecule has 0 aliphatic rings. The van der Waals surface area contributed by atoms with Crippen molar-refractivity contribution in [1.82, 2.24) is 9.97 Å². The van der Waals surface area contributed by atoms with E-state index in [0.29, 0.717) is 48.7 Å². The van der Waals surface area contributed by atoms with Crippen LogP contribution >= 0.6 is 11.3 Å². The van der Waals surface area contributed by atoms with E-state index in [9.17, 15) is 4.79 Å². The quantitative estimate of drug-likeness (QED) is 0.482. The standard InChI is InChI=1S/C22H27N3O5S/c1-6-27-15-9-14(10-16(28-7-2)19(15)29-8-3)22(26)30-11-17-24-20(23)18-12(4)13(5)31-21(18)25-17/h9-10H,6-8,11H2,1-5H3,(H2,23,24,25). The van der Waals surface area contributed by atoms with Crippen LogP contribution in [0, 0.1) is 13.8 Å². The molecule has 31 heavy (non-hydrogen) atoms. The zero-order valence-corrected chi connectivity index (χ0v) is 19.2. The van der Waals surface area contributed by atoms with Gasteiger partial charge < -0.3 is 24.7 Å². The lowest BCUT2D eigenvalue weighted by atomic mass is 10.2. The summed E-state index contributed by atoms with van der Waals surface area (Å²) >= 11 is 1.54. The minimum Gasteiger partial charge on any atom is -0.490 e. The van der Waals surface area contributed by atoms with Crippen LogP contribution in [0.25, 0.3) is 10.2 Å². The molecular weight excluding hydrogens is 418 g/mol. The van der Waals surface area contributed by atoms with Crippen molar-refractivity contribution in [3.8, 4) is 17.2 Å². The Hall–Kier alpha value is -3.07. The molecule has 2 aromatic heterocycles. The van der Waals surface area contributed by atoms with Gasteiger partial charge in [-0.25, -0.2) is 14.8 Å². The molecule has 0 bridgehead atoms. The summed E-state index contributed by atoms with van der Waals surface area (Å²) in [6.07, 6.45) is 0. The molecule has 0 radical (unpaired) electrons. The van der Waals surface area contributed by atoms with Gasteiger partial charge in [0, 0.05) is 4.88 Å². The number of nitrogens with zero attached hydrogens (tertiary/aromatic N) is 2. The van der Waals surface area contributed by atoms with Gasteiger partial charge >= 0.3 is 5.97 Å². The number of rotatable bonds is 9. The third-order valence-electron chi connectivity index (χ3n) is 4.58. The van der Waals surface area contributed by atoms with Crippen molar-refractivity contribution in [2.75, 3.05) is 25.6 Å². The highest BCUT2D eigenvalue weighted by molar-refractivity contribution is 7.18. The monoisotopic (exact) mass is 445 g/mol. The number of thiophene rings is 1. The molecule has 9 heteroatoms. The zero-order valence-electron chi connectivity index (χ0n) is 18.4. The van der Waals surface area contributed by atoms with E-state index in [1.807, 2.05) is 34.6 Å². The van der Waals surface area contributed by atoms with Crippen molar-refractivity contribution in [2.45, 2.75) is 41.2 Å². The number of aryl methyl sites for hydroxylation is 2. The van der Waals surface area contributed by atoms with E-state index in [0.717, 1.165) is 20.7 Å². The zero-order chi connectivity index (χ0) is 22.5. The number of fused-ring (bicyclic) bond motifs is 1. The minimum atomic E-state index is -0.550. The number of anilines is 1. The van der Waals surface area contributed by atoms with Crippen LogP contribution in [0.5, 0.6) is 17.2 Å². The molecule has 0 aliphatic heterocycles. The van der Waals surface area contributed by atoms with Gasteiger partial charge in [0.15, 0.2) is 23.9 Å². The van der Waals surface area contributed by atoms with Crippen LogP contribution in [0.1, 0.15) is 47.4 Å². The molecule has 8 nitrogen and oxygen atoms in total. The maximum atomic E-state index is 12.7. The van der Waals surface area contributed by atoms with Gasteiger partial charge in [0.25, 0.3) is 0 Å². The van der Waals surface area contributed by atoms with Gasteiger partial charge in [-0.15, -0.1) is 11.3 Å². The Labute approximate surface area is 185 Å². The summed E-state index contributed by atoms with van der Waals surface area (Å²) in [6.45, 7) is 10.7. The number of aromatic nitrogens is 2. The highest BCUT2D eigenvalue weighted by atomic mass is 32.1. The summed E-state index contributed by atoms with van der Waals surface area (Å²) in [6, 6.07) is 3.17. The molecule has 166 valence electrons. The topological polar surface area (TPSA) is 106 Å². The maximum absolute atomic E-state index is 12.7. The Balaban J connectivity index is 1.85. The summed E-state index contributed by atoms with van der Waals surface area (Å²) in [4.78, 5) is 23.5. The Kier molecular flexibility index (Phi) is 7.17. The molecule has 2 N–H and O–H groups in total. The van der Waals surface area contributed by atoms with E-state index in [4.69, 9.17) is 24.7 Å². The lowest BCUT2D eigenvalue weighted by molar-refractivity contribution is 0.0461. The summed E-state index contributed by atoms with van der Waals surface area (Å²) < 4.78 is 22.4. The second kappa shape index (κ2) is 9.82. The molecule has 1 aromatic carbocycles. The van der Waals surface area contributed by atoms with E-state index >= 15 is 0 Å². The highest BCUT2D eigenvalue weighted by Gasteiger charge is 2.20. The number of carbonyl (C=O) groups is 1. The first kappa shape index (κ1) is 22.6. The van der Waals surface area contributed by atoms with Crippen molar-refractivity contribution in [1.29, 1.82) is 0 Å². The van der Waals surface area contributed by atoms with Gasteiger partial charge in [-0.2, -0.15) is 0 Å². The fourth-order valence-corrected chi connectivity index (χ4v) is 4.17. The highest BCUT2D eigenvalue weighted by Crippen LogP contribution is 2.39. The molecule has 0 spiro atoms. The molecule has 0 saturated heterocycles. The predicted molar refractivity (Wildman–Crippen MR) is 120 cm³/mol. The minimum absolute atomic E-state index is 0.101. The second-order valence-corrected chi connectivity index (χ2v) is 7.87. The normalized spacial score (nSPS) is 10.9. The molecule has 0 fully saturated rings. The molecule has 0 aliphatic carbocycles. The van der Waals surface area contributed by atoms with E-state index < -0.39 is 5.97 Å². The molecule has 3 aromatic rings. The number of nitrogens with two attached hydrogens (primary N) is 1. The number of benzene rings is 1. The molecule has 3 rings (SSSR count). The van der Waals surface area contributed by atoms with Gasteiger partial charge in [0.2, 0.25) is 5.75 Å². The van der Waals surface area contributed by atoms with Gasteiger partial charge in [0.1, 0.15) is 10.6 Å². The summed E-state index contributed by atoms with van der Waals surface area (Å²) in [5.74, 6) is 1.50. The van der Waals surface area contributed by atoms with Gasteiger partial charge in [-0.3, -0.25) is 0 Å². The Morgan fingerprint density at radius 3 is 2.19 bits per heavy atom. The van der Waals surface area contributed by atoms with Gasteiger partial charge in [-0.05, 0) is 52.3 Å².